The van der Waals surface area contributed by atoms with Crippen LogP contribution in [0.5, 0.6) is 23.0 Å². The monoisotopic (exact) mass is 930 g/mol. The number of thiazole rings is 2. The van der Waals surface area contributed by atoms with Gasteiger partial charge in [-0.25, -0.2) is 20.0 Å². The van der Waals surface area contributed by atoms with Crippen molar-refractivity contribution in [2.45, 2.75) is 37.8 Å². The van der Waals surface area contributed by atoms with Gasteiger partial charge in [0.05, 0.1) is 57.5 Å². The summed E-state index contributed by atoms with van der Waals surface area (Å²) >= 11 is 3.21. The van der Waals surface area contributed by atoms with Crippen LogP contribution >= 0.6 is 22.7 Å². The number of para-hydroxylation sites is 5. The number of ether oxygens (including phenoxy) is 2. The molecule has 10 rings (SSSR count). The first-order chi connectivity index (χ1) is 33.6. The molecule has 4 heterocycles. The van der Waals surface area contributed by atoms with E-state index < -0.39 is 0 Å². The van der Waals surface area contributed by atoms with Crippen molar-refractivity contribution in [3.63, 3.8) is 0 Å². The Morgan fingerprint density at radius 3 is 1.53 bits per heavy atom. The van der Waals surface area contributed by atoms with E-state index in [-0.39, 0.29) is 12.1 Å². The highest BCUT2D eigenvalue weighted by Gasteiger charge is 2.28. The topological polar surface area (TPSA) is 147 Å². The van der Waals surface area contributed by atoms with Gasteiger partial charge in [-0.2, -0.15) is 10.5 Å². The average molecular weight is 931 g/mol. The molecular weight excluding hydrogens is 885 g/mol. The van der Waals surface area contributed by atoms with E-state index in [0.29, 0.717) is 37.9 Å². The summed E-state index contributed by atoms with van der Waals surface area (Å²) < 4.78 is 14.2. The summed E-state index contributed by atoms with van der Waals surface area (Å²) in [5, 5.41) is 27.3. The van der Waals surface area contributed by atoms with E-state index in [0.717, 1.165) is 72.1 Å². The number of benzene rings is 6. The second-order valence-corrected chi connectivity index (χ2v) is 17.6. The lowest BCUT2D eigenvalue weighted by molar-refractivity contribution is 0.476. The Kier molecular flexibility index (Phi) is 14.7. The molecule has 0 spiro atoms. The average Bonchev–Trinajstić information content (AvgIpc) is 4.01. The Bertz CT molecular complexity index is 3090. The SMILES string of the molecule is N#CCC1C=CN=C(NCCc2ccc(Oc3ccccc3)cc2)N1c1nc2ccccc2s1.N#CCC1C=CN=C(NCCc2ccccc2Oc2ccccc2)N1c1nc2ccccc2s1. The smallest absolute Gasteiger partial charge is 0.205 e. The number of nitriles is 2. The molecule has 0 saturated carbocycles. The van der Waals surface area contributed by atoms with Gasteiger partial charge in [0.1, 0.15) is 23.0 Å². The van der Waals surface area contributed by atoms with Gasteiger partial charge in [0.15, 0.2) is 10.3 Å². The van der Waals surface area contributed by atoms with E-state index in [1.165, 1.54) is 5.56 Å². The highest BCUT2D eigenvalue weighted by Crippen LogP contribution is 2.34. The zero-order valence-electron chi connectivity index (χ0n) is 36.9. The van der Waals surface area contributed by atoms with Crippen LogP contribution in [-0.2, 0) is 12.8 Å². The maximum absolute atomic E-state index is 9.38. The molecule has 12 nitrogen and oxygen atoms in total. The van der Waals surface area contributed by atoms with Crippen molar-refractivity contribution >= 4 is 65.3 Å². The Morgan fingerprint density at radius 1 is 0.515 bits per heavy atom. The van der Waals surface area contributed by atoms with Crippen LogP contribution in [0.3, 0.4) is 0 Å². The largest absolute Gasteiger partial charge is 0.457 e. The van der Waals surface area contributed by atoms with Gasteiger partial charge in [-0.15, -0.1) is 0 Å². The molecule has 336 valence electrons. The highest BCUT2D eigenvalue weighted by molar-refractivity contribution is 7.22. The van der Waals surface area contributed by atoms with Crippen LogP contribution < -0.4 is 29.9 Å². The van der Waals surface area contributed by atoms with Gasteiger partial charge < -0.3 is 20.1 Å². The minimum absolute atomic E-state index is 0.111. The summed E-state index contributed by atoms with van der Waals surface area (Å²) in [6.07, 6.45) is 9.71. The van der Waals surface area contributed by atoms with Crippen LogP contribution in [0.2, 0.25) is 0 Å². The Hall–Kier alpha value is -8.30. The molecule has 14 heteroatoms. The minimum atomic E-state index is -0.126. The molecule has 2 aromatic heterocycles. The van der Waals surface area contributed by atoms with E-state index in [9.17, 15) is 10.5 Å². The zero-order chi connectivity index (χ0) is 46.3. The predicted octanol–water partition coefficient (Wildman–Crippen LogP) is 11.8. The number of fused-ring (bicyclic) bond motifs is 2. The molecule has 2 aliphatic rings. The normalized spacial score (nSPS) is 15.1. The molecule has 8 aromatic rings. The molecule has 0 aliphatic carbocycles. The number of guanidine groups is 2. The second-order valence-electron chi connectivity index (χ2n) is 15.6. The van der Waals surface area contributed by atoms with Crippen molar-refractivity contribution < 1.29 is 9.47 Å². The second kappa shape index (κ2) is 22.3. The number of aliphatic imine (C=N–C) groups is 2. The lowest BCUT2D eigenvalue weighted by Gasteiger charge is -2.31. The van der Waals surface area contributed by atoms with Crippen molar-refractivity contribution in [3.8, 4) is 35.1 Å². The third-order valence-corrected chi connectivity index (χ3v) is 13.0. The van der Waals surface area contributed by atoms with Crippen LogP contribution in [0, 0.1) is 22.7 Å². The molecule has 0 fully saturated rings. The molecule has 0 amide bonds. The van der Waals surface area contributed by atoms with Crippen LogP contribution in [0.1, 0.15) is 24.0 Å². The third kappa shape index (κ3) is 11.2. The van der Waals surface area contributed by atoms with Crippen LogP contribution in [0.4, 0.5) is 10.3 Å². The number of rotatable bonds is 14. The zero-order valence-corrected chi connectivity index (χ0v) is 38.6. The quantitative estimate of drug-likeness (QED) is 0.108. The molecule has 0 saturated heterocycles. The fourth-order valence-corrected chi connectivity index (χ4v) is 9.65. The van der Waals surface area contributed by atoms with Crippen molar-refractivity contribution in [3.05, 3.63) is 193 Å². The number of hydrogen-bond donors (Lipinski definition) is 2. The minimum Gasteiger partial charge on any atom is -0.457 e. The van der Waals surface area contributed by atoms with Crippen molar-refractivity contribution in [2.75, 3.05) is 22.9 Å². The maximum atomic E-state index is 9.38. The van der Waals surface area contributed by atoms with Crippen molar-refractivity contribution in [1.82, 2.24) is 20.6 Å². The van der Waals surface area contributed by atoms with E-state index in [1.54, 1.807) is 35.1 Å². The van der Waals surface area contributed by atoms with Gasteiger partial charge in [-0.05, 0) is 103 Å². The van der Waals surface area contributed by atoms with Gasteiger partial charge in [0.25, 0.3) is 0 Å². The molecule has 68 heavy (non-hydrogen) atoms. The Morgan fingerprint density at radius 2 is 0.985 bits per heavy atom. The third-order valence-electron chi connectivity index (χ3n) is 10.9. The van der Waals surface area contributed by atoms with Gasteiger partial charge in [-0.3, -0.25) is 9.80 Å². The first-order valence-electron chi connectivity index (χ1n) is 22.2. The number of aromatic nitrogens is 2. The van der Waals surface area contributed by atoms with Gasteiger partial charge >= 0.3 is 0 Å². The standard InChI is InChI=1S/2C27H23N5OS/c28-17-14-21-16-19-30-26(32(21)27-31-23-11-5-7-13-25(23)34-27)29-18-15-20-8-4-6-12-24(20)33-22-9-2-1-3-10-22;28-17-14-21-16-19-30-26(32(21)27-31-24-8-4-5-9-25(24)34-27)29-18-15-20-10-12-23(13-11-20)33-22-6-2-1-3-7-22/h2*1-13,16,19,21H,14-15,18H2,(H,29,30). The lowest BCUT2D eigenvalue weighted by Crippen LogP contribution is -2.48. The van der Waals surface area contributed by atoms with E-state index in [4.69, 9.17) is 19.4 Å². The van der Waals surface area contributed by atoms with Crippen LogP contribution in [-0.4, -0.2) is 47.1 Å². The molecule has 2 aliphatic heterocycles. The summed E-state index contributed by atoms with van der Waals surface area (Å²) in [6.45, 7) is 1.36. The summed E-state index contributed by atoms with van der Waals surface area (Å²) in [6, 6.07) is 56.2. The Balaban J connectivity index is 0.000000170. The first kappa shape index (κ1) is 44.9. The number of nitrogens with zero attached hydrogens (tertiary/aromatic N) is 8. The number of hydrogen-bond acceptors (Lipinski definition) is 14. The molecule has 0 bridgehead atoms. The molecule has 2 N–H and O–H groups in total. The molecule has 2 atom stereocenters. The fourth-order valence-electron chi connectivity index (χ4n) is 7.60. The molecule has 0 radical (unpaired) electrons. The first-order valence-corrected chi connectivity index (χ1v) is 23.9. The van der Waals surface area contributed by atoms with Crippen LogP contribution in [0.15, 0.2) is 192 Å². The van der Waals surface area contributed by atoms with E-state index in [1.807, 2.05) is 149 Å². The molecular formula is C54H46N10O2S2. The van der Waals surface area contributed by atoms with Gasteiger partial charge in [-0.1, -0.05) is 114 Å². The van der Waals surface area contributed by atoms with Crippen molar-refractivity contribution in [1.29, 1.82) is 10.5 Å². The van der Waals surface area contributed by atoms with E-state index in [2.05, 4.69) is 63.1 Å². The van der Waals surface area contributed by atoms with Gasteiger partial charge in [0, 0.05) is 25.5 Å². The van der Waals surface area contributed by atoms with Crippen molar-refractivity contribution in [2.24, 2.45) is 9.98 Å². The van der Waals surface area contributed by atoms with E-state index >= 15 is 0 Å². The predicted molar refractivity (Wildman–Crippen MR) is 275 cm³/mol. The molecule has 6 aromatic carbocycles. The number of anilines is 2. The Labute approximate surface area is 403 Å². The summed E-state index contributed by atoms with van der Waals surface area (Å²) in [4.78, 5) is 22.8. The number of nitrogens with one attached hydrogen (secondary N) is 2. The summed E-state index contributed by atoms with van der Waals surface area (Å²) in [7, 11) is 0. The maximum Gasteiger partial charge on any atom is 0.205 e. The lowest BCUT2D eigenvalue weighted by atomic mass is 10.1. The highest BCUT2D eigenvalue weighted by atomic mass is 32.1. The van der Waals surface area contributed by atoms with Crippen LogP contribution in [0.25, 0.3) is 20.4 Å². The summed E-state index contributed by atoms with van der Waals surface area (Å²) in [5.41, 5.74) is 4.19. The fraction of sp³-hybridized carbons (Fsp3) is 0.148. The van der Waals surface area contributed by atoms with Gasteiger partial charge in [0.2, 0.25) is 11.9 Å². The summed E-state index contributed by atoms with van der Waals surface area (Å²) in [5.74, 6) is 4.69. The molecule has 2 unspecified atom stereocenters.